The number of aliphatic carboxylic acids is 1. The van der Waals surface area contributed by atoms with Crippen molar-refractivity contribution in [3.8, 4) is 0 Å². The van der Waals surface area contributed by atoms with E-state index < -0.39 is 5.97 Å². The monoisotopic (exact) mass is 257 g/mol. The Bertz CT molecular complexity index is 362. The molecule has 0 fully saturated rings. The van der Waals surface area contributed by atoms with Gasteiger partial charge in [-0.15, -0.1) is 11.3 Å². The van der Waals surface area contributed by atoms with Gasteiger partial charge in [0.25, 0.3) is 0 Å². The number of thiazole rings is 1. The van der Waals surface area contributed by atoms with E-state index in [9.17, 15) is 4.79 Å². The van der Waals surface area contributed by atoms with Gasteiger partial charge in [-0.1, -0.05) is 13.8 Å². The zero-order valence-electron chi connectivity index (χ0n) is 10.5. The minimum Gasteiger partial charge on any atom is -0.481 e. The van der Waals surface area contributed by atoms with Gasteiger partial charge in [-0.05, 0) is 12.8 Å². The van der Waals surface area contributed by atoms with E-state index in [2.05, 4.69) is 18.8 Å². The van der Waals surface area contributed by atoms with E-state index in [1.807, 2.05) is 12.3 Å². The van der Waals surface area contributed by atoms with Crippen molar-refractivity contribution in [2.75, 3.05) is 6.61 Å². The van der Waals surface area contributed by atoms with E-state index in [-0.39, 0.29) is 12.5 Å². The molecule has 0 aromatic carbocycles. The number of carboxylic acids is 1. The first-order valence-electron chi connectivity index (χ1n) is 5.82. The first kappa shape index (κ1) is 14.1. The van der Waals surface area contributed by atoms with Crippen molar-refractivity contribution >= 4 is 17.3 Å². The van der Waals surface area contributed by atoms with Gasteiger partial charge < -0.3 is 9.84 Å². The van der Waals surface area contributed by atoms with Crippen molar-refractivity contribution in [3.63, 3.8) is 0 Å². The molecule has 0 aliphatic rings. The Morgan fingerprint density at radius 3 is 2.82 bits per heavy atom. The summed E-state index contributed by atoms with van der Waals surface area (Å²) < 4.78 is 5.66. The van der Waals surface area contributed by atoms with Crippen molar-refractivity contribution in [3.05, 3.63) is 16.1 Å². The number of aryl methyl sites for hydroxylation is 1. The van der Waals surface area contributed by atoms with Gasteiger partial charge in [-0.3, -0.25) is 4.79 Å². The number of carbonyl (C=O) groups is 1. The Kier molecular flexibility index (Phi) is 5.58. The summed E-state index contributed by atoms with van der Waals surface area (Å²) in [4.78, 5) is 14.9. The van der Waals surface area contributed by atoms with Crippen LogP contribution in [0.5, 0.6) is 0 Å². The summed E-state index contributed by atoms with van der Waals surface area (Å²) in [6.07, 6.45) is 0.635. The number of nitrogens with zero attached hydrogens (tertiary/aromatic N) is 1. The zero-order chi connectivity index (χ0) is 12.8. The van der Waals surface area contributed by atoms with Crippen molar-refractivity contribution in [2.24, 2.45) is 5.92 Å². The van der Waals surface area contributed by atoms with Gasteiger partial charge in [-0.25, -0.2) is 4.98 Å². The summed E-state index contributed by atoms with van der Waals surface area (Å²) in [5, 5.41) is 11.5. The number of hydrogen-bond acceptors (Lipinski definition) is 4. The highest BCUT2D eigenvalue weighted by molar-refractivity contribution is 7.09. The van der Waals surface area contributed by atoms with Crippen LogP contribution in [-0.4, -0.2) is 22.7 Å². The van der Waals surface area contributed by atoms with Crippen LogP contribution in [0.1, 0.15) is 44.0 Å². The lowest BCUT2D eigenvalue weighted by Crippen LogP contribution is -2.11. The smallest absolute Gasteiger partial charge is 0.303 e. The molecule has 0 saturated carbocycles. The number of ether oxygens (including phenoxy) is 1. The highest BCUT2D eigenvalue weighted by atomic mass is 32.1. The maximum absolute atomic E-state index is 10.5. The number of rotatable bonds is 7. The van der Waals surface area contributed by atoms with Crippen molar-refractivity contribution in [2.45, 2.75) is 39.7 Å². The van der Waals surface area contributed by atoms with E-state index in [0.29, 0.717) is 18.9 Å². The predicted molar refractivity (Wildman–Crippen MR) is 67.3 cm³/mol. The molecule has 1 unspecified atom stereocenters. The Balaban J connectivity index is 2.67. The molecule has 0 spiro atoms. The Morgan fingerprint density at radius 2 is 2.29 bits per heavy atom. The molecule has 0 aliphatic heterocycles. The molecule has 1 N–H and O–H groups in total. The SMILES string of the molecule is CCOC(c1nc(CCC(=O)O)cs1)C(C)C. The molecular weight excluding hydrogens is 238 g/mol. The fourth-order valence-electron chi connectivity index (χ4n) is 1.53. The molecule has 1 rings (SSSR count). The first-order valence-corrected chi connectivity index (χ1v) is 6.70. The molecule has 1 atom stereocenters. The van der Waals surface area contributed by atoms with E-state index >= 15 is 0 Å². The summed E-state index contributed by atoms with van der Waals surface area (Å²) >= 11 is 1.55. The number of carboxylic acid groups (broad SMARTS) is 1. The molecule has 1 aromatic rings. The van der Waals surface area contributed by atoms with Crippen LogP contribution in [-0.2, 0) is 16.0 Å². The van der Waals surface area contributed by atoms with E-state index in [1.165, 1.54) is 0 Å². The van der Waals surface area contributed by atoms with Crippen LogP contribution >= 0.6 is 11.3 Å². The lowest BCUT2D eigenvalue weighted by Gasteiger charge is -2.17. The third kappa shape index (κ3) is 4.44. The molecule has 0 bridgehead atoms. The maximum Gasteiger partial charge on any atom is 0.303 e. The lowest BCUT2D eigenvalue weighted by atomic mass is 10.1. The minimum absolute atomic E-state index is 0.0172. The van der Waals surface area contributed by atoms with Gasteiger partial charge in [-0.2, -0.15) is 0 Å². The fraction of sp³-hybridized carbons (Fsp3) is 0.667. The Hall–Kier alpha value is -0.940. The Labute approximate surface area is 106 Å². The van der Waals surface area contributed by atoms with Gasteiger partial charge >= 0.3 is 5.97 Å². The third-order valence-electron chi connectivity index (χ3n) is 2.36. The molecule has 4 nitrogen and oxygen atoms in total. The summed E-state index contributed by atoms with van der Waals surface area (Å²) in [6, 6.07) is 0. The average molecular weight is 257 g/mol. The molecule has 17 heavy (non-hydrogen) atoms. The molecule has 96 valence electrons. The quantitative estimate of drug-likeness (QED) is 0.816. The van der Waals surface area contributed by atoms with Gasteiger partial charge in [0.15, 0.2) is 0 Å². The van der Waals surface area contributed by atoms with Gasteiger partial charge in [0.1, 0.15) is 11.1 Å². The van der Waals surface area contributed by atoms with Crippen LogP contribution in [0.3, 0.4) is 0 Å². The summed E-state index contributed by atoms with van der Waals surface area (Å²) in [5.41, 5.74) is 0.845. The topological polar surface area (TPSA) is 59.4 Å². The average Bonchev–Trinajstić information content (AvgIpc) is 2.71. The van der Waals surface area contributed by atoms with Crippen LogP contribution in [0, 0.1) is 5.92 Å². The van der Waals surface area contributed by atoms with Crippen LogP contribution in [0.25, 0.3) is 0 Å². The van der Waals surface area contributed by atoms with Gasteiger partial charge in [0, 0.05) is 18.4 Å². The predicted octanol–water partition coefficient (Wildman–Crippen LogP) is 2.89. The number of hydrogen-bond donors (Lipinski definition) is 1. The highest BCUT2D eigenvalue weighted by Gasteiger charge is 2.19. The summed E-state index contributed by atoms with van der Waals surface area (Å²) in [5.74, 6) is -0.418. The zero-order valence-corrected chi connectivity index (χ0v) is 11.3. The summed E-state index contributed by atoms with van der Waals surface area (Å²) in [6.45, 7) is 6.82. The van der Waals surface area contributed by atoms with E-state index in [4.69, 9.17) is 9.84 Å². The van der Waals surface area contributed by atoms with E-state index in [1.54, 1.807) is 11.3 Å². The molecular formula is C12H19NO3S. The molecule has 0 saturated heterocycles. The largest absolute Gasteiger partial charge is 0.481 e. The van der Waals surface area contributed by atoms with Crippen LogP contribution in [0.4, 0.5) is 0 Å². The van der Waals surface area contributed by atoms with Crippen LogP contribution in [0.2, 0.25) is 0 Å². The second-order valence-corrected chi connectivity index (χ2v) is 5.08. The number of aromatic nitrogens is 1. The van der Waals surface area contributed by atoms with E-state index in [0.717, 1.165) is 10.7 Å². The second-order valence-electron chi connectivity index (χ2n) is 4.19. The molecule has 0 amide bonds. The van der Waals surface area contributed by atoms with Crippen molar-refractivity contribution in [1.29, 1.82) is 0 Å². The lowest BCUT2D eigenvalue weighted by molar-refractivity contribution is -0.136. The highest BCUT2D eigenvalue weighted by Crippen LogP contribution is 2.28. The normalized spacial score (nSPS) is 12.9. The fourth-order valence-corrected chi connectivity index (χ4v) is 2.60. The summed E-state index contributed by atoms with van der Waals surface area (Å²) in [7, 11) is 0. The van der Waals surface area contributed by atoms with Crippen molar-refractivity contribution < 1.29 is 14.6 Å². The molecule has 1 heterocycles. The van der Waals surface area contributed by atoms with Crippen molar-refractivity contribution in [1.82, 2.24) is 4.98 Å². The third-order valence-corrected chi connectivity index (χ3v) is 3.31. The minimum atomic E-state index is -0.787. The molecule has 1 aromatic heterocycles. The molecule has 0 aliphatic carbocycles. The van der Waals surface area contributed by atoms with Crippen LogP contribution in [0.15, 0.2) is 5.38 Å². The molecule has 5 heteroatoms. The standard InChI is InChI=1S/C12H19NO3S/c1-4-16-11(8(2)3)12-13-9(7-17-12)5-6-10(14)15/h7-8,11H,4-6H2,1-3H3,(H,14,15). The molecule has 0 radical (unpaired) electrons. The second kappa shape index (κ2) is 6.71. The first-order chi connectivity index (χ1) is 8.04. The van der Waals surface area contributed by atoms with Gasteiger partial charge in [0.05, 0.1) is 12.1 Å². The van der Waals surface area contributed by atoms with Crippen LogP contribution < -0.4 is 0 Å². The Morgan fingerprint density at radius 1 is 1.59 bits per heavy atom. The van der Waals surface area contributed by atoms with Gasteiger partial charge in [0.2, 0.25) is 0 Å². The maximum atomic E-state index is 10.5.